The Hall–Kier alpha value is -2.03. The summed E-state index contributed by atoms with van der Waals surface area (Å²) in [7, 11) is 0. The number of hydrogen-bond donors (Lipinski definition) is 1. The molecule has 1 heterocycles. The maximum absolute atomic E-state index is 12.6. The number of rotatable bonds is 5. The van der Waals surface area contributed by atoms with E-state index >= 15 is 0 Å². The lowest BCUT2D eigenvalue weighted by molar-refractivity contribution is 0.0698. The minimum absolute atomic E-state index is 0.0146. The smallest absolute Gasteiger partial charge is 0.274 e. The van der Waals surface area contributed by atoms with Crippen LogP contribution in [0.3, 0.4) is 0 Å². The summed E-state index contributed by atoms with van der Waals surface area (Å²) >= 11 is 0. The second-order valence-corrected chi connectivity index (χ2v) is 4.66. The van der Waals surface area contributed by atoms with Gasteiger partial charge in [-0.25, -0.2) is 0 Å². The average molecular weight is 263 g/mol. The lowest BCUT2D eigenvalue weighted by Crippen LogP contribution is -2.39. The average Bonchev–Trinajstić information content (AvgIpc) is 2.65. The van der Waals surface area contributed by atoms with Crippen LogP contribution in [0.25, 0.3) is 0 Å². The number of aromatic nitrogens is 2. The molecule has 6 nitrogen and oxygen atoms in total. The first-order valence-corrected chi connectivity index (χ1v) is 6.44. The van der Waals surface area contributed by atoms with Gasteiger partial charge in [-0.3, -0.25) is 9.48 Å². The number of nitrogen functional groups attached to an aromatic ring is 1. The highest BCUT2D eigenvalue weighted by Crippen LogP contribution is 2.19. The molecule has 0 unspecified atom stereocenters. The number of hydrogen-bond acceptors (Lipinski definition) is 4. The number of nitrogens with zero attached hydrogens (tertiary/aromatic N) is 4. The van der Waals surface area contributed by atoms with Gasteiger partial charge in [0, 0.05) is 19.1 Å². The van der Waals surface area contributed by atoms with E-state index in [4.69, 9.17) is 11.0 Å². The van der Waals surface area contributed by atoms with Crippen molar-refractivity contribution in [3.63, 3.8) is 0 Å². The fraction of sp³-hybridized carbons (Fsp3) is 0.615. The van der Waals surface area contributed by atoms with Gasteiger partial charge in [0.1, 0.15) is 5.69 Å². The van der Waals surface area contributed by atoms with Crippen LogP contribution in [-0.4, -0.2) is 33.2 Å². The molecule has 1 amide bonds. The van der Waals surface area contributed by atoms with Gasteiger partial charge in [0.2, 0.25) is 0 Å². The predicted molar refractivity (Wildman–Crippen MR) is 73.5 cm³/mol. The van der Waals surface area contributed by atoms with Crippen LogP contribution in [0.15, 0.2) is 0 Å². The van der Waals surface area contributed by atoms with Gasteiger partial charge in [-0.2, -0.15) is 10.4 Å². The summed E-state index contributed by atoms with van der Waals surface area (Å²) in [5, 5.41) is 12.9. The van der Waals surface area contributed by atoms with Gasteiger partial charge in [-0.1, -0.05) is 0 Å². The zero-order chi connectivity index (χ0) is 14.6. The summed E-state index contributed by atoms with van der Waals surface area (Å²) < 4.78 is 1.62. The molecule has 0 aliphatic carbocycles. The predicted octanol–water partition coefficient (Wildman–Crippen LogP) is 1.56. The first-order chi connectivity index (χ1) is 8.93. The summed E-state index contributed by atoms with van der Waals surface area (Å²) in [5.41, 5.74) is 7.46. The van der Waals surface area contributed by atoms with Gasteiger partial charge in [-0.15, -0.1) is 0 Å². The van der Waals surface area contributed by atoms with Gasteiger partial charge in [0.15, 0.2) is 0 Å². The molecule has 0 fully saturated rings. The SMILES string of the molecule is CCn1nc(C)c(N)c1C(=O)N(CCC#N)C(C)C. The lowest BCUT2D eigenvalue weighted by Gasteiger charge is -2.26. The van der Waals surface area contributed by atoms with Gasteiger partial charge < -0.3 is 10.6 Å². The molecule has 0 saturated carbocycles. The van der Waals surface area contributed by atoms with Crippen LogP contribution in [0.5, 0.6) is 0 Å². The van der Waals surface area contributed by atoms with E-state index in [9.17, 15) is 4.79 Å². The fourth-order valence-corrected chi connectivity index (χ4v) is 1.95. The fourth-order valence-electron chi connectivity index (χ4n) is 1.95. The third kappa shape index (κ3) is 3.05. The molecule has 19 heavy (non-hydrogen) atoms. The summed E-state index contributed by atoms with van der Waals surface area (Å²) in [4.78, 5) is 14.2. The van der Waals surface area contributed by atoms with Crippen molar-refractivity contribution in [2.45, 2.75) is 46.7 Å². The number of amides is 1. The summed E-state index contributed by atoms with van der Waals surface area (Å²) in [5.74, 6) is -0.162. The monoisotopic (exact) mass is 263 g/mol. The molecule has 0 bridgehead atoms. The third-order valence-electron chi connectivity index (χ3n) is 3.02. The van der Waals surface area contributed by atoms with E-state index in [1.165, 1.54) is 0 Å². The van der Waals surface area contributed by atoms with Crippen LogP contribution < -0.4 is 5.73 Å². The van der Waals surface area contributed by atoms with Crippen molar-refractivity contribution in [1.82, 2.24) is 14.7 Å². The number of nitrogens with two attached hydrogens (primary N) is 1. The van der Waals surface area contributed by atoms with Crippen molar-refractivity contribution in [3.05, 3.63) is 11.4 Å². The van der Waals surface area contributed by atoms with E-state index in [1.54, 1.807) is 16.5 Å². The van der Waals surface area contributed by atoms with Crippen molar-refractivity contribution in [2.24, 2.45) is 0 Å². The molecule has 0 atom stereocenters. The van der Waals surface area contributed by atoms with E-state index in [0.29, 0.717) is 36.6 Å². The molecule has 0 spiro atoms. The minimum atomic E-state index is -0.162. The standard InChI is InChI=1S/C13H21N5O/c1-5-18-12(11(15)10(4)16-18)13(19)17(9(2)3)8-6-7-14/h9H,5-6,8,15H2,1-4H3. The zero-order valence-electron chi connectivity index (χ0n) is 12.0. The third-order valence-corrected chi connectivity index (χ3v) is 3.02. The van der Waals surface area contributed by atoms with Crippen LogP contribution in [0.2, 0.25) is 0 Å². The maximum atomic E-state index is 12.6. The van der Waals surface area contributed by atoms with Crippen molar-refractivity contribution < 1.29 is 4.79 Å². The zero-order valence-corrected chi connectivity index (χ0v) is 12.0. The molecule has 0 radical (unpaired) electrons. The Labute approximate surface area is 113 Å². The van der Waals surface area contributed by atoms with E-state index in [2.05, 4.69) is 11.2 Å². The van der Waals surface area contributed by atoms with Crippen molar-refractivity contribution in [2.75, 3.05) is 12.3 Å². The first kappa shape index (κ1) is 15.0. The highest BCUT2D eigenvalue weighted by atomic mass is 16.2. The molecule has 6 heteroatoms. The van der Waals surface area contributed by atoms with Crippen LogP contribution in [0.1, 0.15) is 43.4 Å². The van der Waals surface area contributed by atoms with Crippen molar-refractivity contribution in [3.8, 4) is 6.07 Å². The Morgan fingerprint density at radius 1 is 1.58 bits per heavy atom. The Kier molecular flexibility index (Phi) is 4.93. The number of aryl methyl sites for hydroxylation is 2. The number of carbonyl (C=O) groups excluding carboxylic acids is 1. The van der Waals surface area contributed by atoms with Gasteiger partial charge in [0.05, 0.1) is 23.9 Å². The van der Waals surface area contributed by atoms with Crippen LogP contribution in [0.4, 0.5) is 5.69 Å². The van der Waals surface area contributed by atoms with Gasteiger partial charge in [0.25, 0.3) is 5.91 Å². The lowest BCUT2D eigenvalue weighted by atomic mass is 10.2. The Bertz CT molecular complexity index is 498. The Balaban J connectivity index is 3.13. The van der Waals surface area contributed by atoms with Crippen LogP contribution in [0, 0.1) is 18.3 Å². The molecule has 1 aromatic heterocycles. The molecular formula is C13H21N5O. The second-order valence-electron chi connectivity index (χ2n) is 4.66. The molecular weight excluding hydrogens is 242 g/mol. The van der Waals surface area contributed by atoms with Crippen molar-refractivity contribution in [1.29, 1.82) is 5.26 Å². The van der Waals surface area contributed by atoms with Gasteiger partial charge >= 0.3 is 0 Å². The summed E-state index contributed by atoms with van der Waals surface area (Å²) in [6, 6.07) is 2.07. The molecule has 0 aliphatic rings. The highest BCUT2D eigenvalue weighted by molar-refractivity contribution is 5.98. The van der Waals surface area contributed by atoms with E-state index in [-0.39, 0.29) is 11.9 Å². The maximum Gasteiger partial charge on any atom is 0.274 e. The molecule has 1 rings (SSSR count). The molecule has 104 valence electrons. The van der Waals surface area contributed by atoms with E-state index in [0.717, 1.165) is 0 Å². The quantitative estimate of drug-likeness (QED) is 0.873. The van der Waals surface area contributed by atoms with E-state index < -0.39 is 0 Å². The summed E-state index contributed by atoms with van der Waals surface area (Å²) in [6.45, 7) is 8.53. The molecule has 0 aromatic carbocycles. The molecule has 0 aliphatic heterocycles. The topological polar surface area (TPSA) is 87.9 Å². The second kappa shape index (κ2) is 6.23. The summed E-state index contributed by atoms with van der Waals surface area (Å²) in [6.07, 6.45) is 0.309. The van der Waals surface area contributed by atoms with E-state index in [1.807, 2.05) is 20.8 Å². The Morgan fingerprint density at radius 2 is 2.21 bits per heavy atom. The largest absolute Gasteiger partial charge is 0.395 e. The van der Waals surface area contributed by atoms with Gasteiger partial charge in [-0.05, 0) is 27.7 Å². The van der Waals surface area contributed by atoms with Crippen molar-refractivity contribution >= 4 is 11.6 Å². The highest BCUT2D eigenvalue weighted by Gasteiger charge is 2.25. The number of anilines is 1. The first-order valence-electron chi connectivity index (χ1n) is 6.44. The molecule has 1 aromatic rings. The van der Waals surface area contributed by atoms with Crippen LogP contribution >= 0.6 is 0 Å². The number of carbonyl (C=O) groups is 1. The molecule has 2 N–H and O–H groups in total. The molecule has 0 saturated heterocycles. The Morgan fingerprint density at radius 3 is 2.68 bits per heavy atom. The minimum Gasteiger partial charge on any atom is -0.395 e. The van der Waals surface area contributed by atoms with Crippen LogP contribution in [-0.2, 0) is 6.54 Å². The number of nitriles is 1. The normalized spacial score (nSPS) is 10.5.